The van der Waals surface area contributed by atoms with Gasteiger partial charge < -0.3 is 10.1 Å². The van der Waals surface area contributed by atoms with E-state index in [2.05, 4.69) is 10.3 Å². The molecule has 0 radical (unpaired) electrons. The minimum atomic E-state index is -4.49. The highest BCUT2D eigenvalue weighted by Crippen LogP contribution is 2.34. The van der Waals surface area contributed by atoms with E-state index in [1.165, 1.54) is 31.2 Å². The first-order chi connectivity index (χ1) is 14.2. The van der Waals surface area contributed by atoms with Gasteiger partial charge in [0, 0.05) is 13.5 Å². The number of methoxy groups -OCH3 is 1. The predicted octanol–water partition coefficient (Wildman–Crippen LogP) is 4.30. The summed E-state index contributed by atoms with van der Waals surface area (Å²) in [5, 5.41) is 2.20. The predicted molar refractivity (Wildman–Crippen MR) is 109 cm³/mol. The number of benzene rings is 2. The van der Waals surface area contributed by atoms with E-state index in [4.69, 9.17) is 4.74 Å². The van der Waals surface area contributed by atoms with Gasteiger partial charge in [0.05, 0.1) is 24.0 Å². The Morgan fingerprint density at radius 3 is 2.67 bits per heavy atom. The molecule has 1 aliphatic heterocycles. The van der Waals surface area contributed by atoms with Crippen LogP contribution in [0.15, 0.2) is 53.5 Å². The number of aliphatic imine (C=N–C) groups is 1. The van der Waals surface area contributed by atoms with Crippen molar-refractivity contribution in [1.82, 2.24) is 4.90 Å². The van der Waals surface area contributed by atoms with Crippen LogP contribution in [0.3, 0.4) is 0 Å². The Morgan fingerprint density at radius 2 is 1.97 bits per heavy atom. The second-order valence-corrected chi connectivity index (χ2v) is 7.57. The van der Waals surface area contributed by atoms with Crippen molar-refractivity contribution in [2.75, 3.05) is 19.5 Å². The standard InChI is InChI=1S/C20H18F3N3O3S/c1-26-18(28)16(11-17(27)25-14-8-3-4-9-15(14)29-2)30-19(26)24-13-7-5-6-12(10-13)20(21,22)23/h3-10,16H,11H2,1-2H3,(H,25,27)/t16-/m1/s1. The molecular weight excluding hydrogens is 419 g/mol. The summed E-state index contributed by atoms with van der Waals surface area (Å²) in [5.74, 6) is -0.250. The third kappa shape index (κ3) is 4.93. The highest BCUT2D eigenvalue weighted by atomic mass is 32.2. The van der Waals surface area contributed by atoms with Crippen molar-refractivity contribution in [3.63, 3.8) is 0 Å². The molecular formula is C20H18F3N3O3S. The number of ether oxygens (including phenoxy) is 1. The quantitative estimate of drug-likeness (QED) is 0.757. The van der Waals surface area contributed by atoms with Crippen LogP contribution in [0.5, 0.6) is 5.75 Å². The van der Waals surface area contributed by atoms with Gasteiger partial charge in [-0.3, -0.25) is 14.5 Å². The van der Waals surface area contributed by atoms with Gasteiger partial charge in [0.2, 0.25) is 11.8 Å². The molecule has 0 aromatic heterocycles. The molecule has 1 N–H and O–H groups in total. The normalized spacial score (nSPS) is 18.0. The molecule has 0 bridgehead atoms. The summed E-state index contributed by atoms with van der Waals surface area (Å²) < 4.78 is 43.8. The Kier molecular flexibility index (Phi) is 6.35. The molecule has 10 heteroatoms. The number of hydrogen-bond acceptors (Lipinski definition) is 5. The number of nitrogens with one attached hydrogen (secondary N) is 1. The molecule has 0 unspecified atom stereocenters. The van der Waals surface area contributed by atoms with E-state index in [1.54, 1.807) is 24.3 Å². The first-order valence-corrected chi connectivity index (χ1v) is 9.70. The molecule has 2 amide bonds. The summed E-state index contributed by atoms with van der Waals surface area (Å²) in [4.78, 5) is 30.3. The number of halogens is 3. The number of para-hydroxylation sites is 2. The average molecular weight is 437 g/mol. The van der Waals surface area contributed by atoms with Gasteiger partial charge in [-0.05, 0) is 30.3 Å². The summed E-state index contributed by atoms with van der Waals surface area (Å²) in [7, 11) is 2.95. The van der Waals surface area contributed by atoms with Gasteiger partial charge in [-0.1, -0.05) is 30.0 Å². The molecule has 2 aromatic carbocycles. The number of carbonyl (C=O) groups excluding carboxylic acids is 2. The van der Waals surface area contributed by atoms with Crippen LogP contribution in [0.25, 0.3) is 0 Å². The molecule has 6 nitrogen and oxygen atoms in total. The van der Waals surface area contributed by atoms with Gasteiger partial charge in [0.1, 0.15) is 11.0 Å². The molecule has 30 heavy (non-hydrogen) atoms. The number of amidine groups is 1. The van der Waals surface area contributed by atoms with E-state index < -0.39 is 17.0 Å². The van der Waals surface area contributed by atoms with Crippen LogP contribution in [0, 0.1) is 0 Å². The van der Waals surface area contributed by atoms with Crippen molar-refractivity contribution in [3.8, 4) is 5.75 Å². The summed E-state index contributed by atoms with van der Waals surface area (Å²) in [6.07, 6.45) is -4.60. The van der Waals surface area contributed by atoms with Crippen LogP contribution >= 0.6 is 11.8 Å². The lowest BCUT2D eigenvalue weighted by Gasteiger charge is -2.11. The molecule has 158 valence electrons. The van der Waals surface area contributed by atoms with Gasteiger partial charge in [0.15, 0.2) is 5.17 Å². The van der Waals surface area contributed by atoms with E-state index in [9.17, 15) is 22.8 Å². The van der Waals surface area contributed by atoms with Crippen LogP contribution in [-0.2, 0) is 15.8 Å². The summed E-state index contributed by atoms with van der Waals surface area (Å²) >= 11 is 1.04. The van der Waals surface area contributed by atoms with Gasteiger partial charge in [-0.2, -0.15) is 13.2 Å². The zero-order valence-corrected chi connectivity index (χ0v) is 16.9. The van der Waals surface area contributed by atoms with E-state index in [1.807, 2.05) is 0 Å². The first-order valence-electron chi connectivity index (χ1n) is 8.82. The third-order valence-electron chi connectivity index (χ3n) is 4.29. The smallest absolute Gasteiger partial charge is 0.416 e. The Bertz CT molecular complexity index is 995. The second kappa shape index (κ2) is 8.78. The SMILES string of the molecule is COc1ccccc1NC(=O)C[C@H]1SC(=Nc2cccc(C(F)(F)F)c2)N(C)C1=O. The molecule has 1 fully saturated rings. The van der Waals surface area contributed by atoms with E-state index >= 15 is 0 Å². The monoisotopic (exact) mass is 437 g/mol. The minimum absolute atomic E-state index is 0.0751. The lowest BCUT2D eigenvalue weighted by Crippen LogP contribution is -2.30. The van der Waals surface area contributed by atoms with E-state index in [0.29, 0.717) is 11.4 Å². The number of rotatable bonds is 5. The van der Waals surface area contributed by atoms with Crippen LogP contribution < -0.4 is 10.1 Å². The fourth-order valence-corrected chi connectivity index (χ4v) is 3.93. The number of carbonyl (C=O) groups is 2. The molecule has 2 aromatic rings. The van der Waals surface area contributed by atoms with Crippen molar-refractivity contribution >= 4 is 40.1 Å². The van der Waals surface area contributed by atoms with Crippen LogP contribution in [0.2, 0.25) is 0 Å². The minimum Gasteiger partial charge on any atom is -0.495 e. The van der Waals surface area contributed by atoms with Crippen LogP contribution in [0.1, 0.15) is 12.0 Å². The molecule has 1 heterocycles. The van der Waals surface area contributed by atoms with Crippen LogP contribution in [0.4, 0.5) is 24.5 Å². The van der Waals surface area contributed by atoms with Crippen molar-refractivity contribution in [1.29, 1.82) is 0 Å². The Balaban J connectivity index is 1.71. The first kappa shape index (κ1) is 21.7. The lowest BCUT2D eigenvalue weighted by molar-refractivity contribution is -0.137. The Hall–Kier alpha value is -3.01. The molecule has 1 atom stereocenters. The summed E-state index contributed by atoms with van der Waals surface area (Å²) in [6.45, 7) is 0. The highest BCUT2D eigenvalue weighted by Gasteiger charge is 2.37. The van der Waals surface area contributed by atoms with Gasteiger partial charge in [0.25, 0.3) is 0 Å². The Morgan fingerprint density at radius 1 is 1.23 bits per heavy atom. The summed E-state index contributed by atoms with van der Waals surface area (Å²) in [6, 6.07) is 11.4. The largest absolute Gasteiger partial charge is 0.495 e. The number of amides is 2. The van der Waals surface area contributed by atoms with Gasteiger partial charge >= 0.3 is 6.18 Å². The number of thioether (sulfide) groups is 1. The second-order valence-electron chi connectivity index (χ2n) is 6.40. The Labute approximate surface area is 175 Å². The average Bonchev–Trinajstić information content (AvgIpc) is 2.95. The van der Waals surface area contributed by atoms with Gasteiger partial charge in [-0.25, -0.2) is 4.99 Å². The van der Waals surface area contributed by atoms with Crippen molar-refractivity contribution < 1.29 is 27.5 Å². The van der Waals surface area contributed by atoms with E-state index in [-0.39, 0.29) is 29.1 Å². The van der Waals surface area contributed by atoms with E-state index in [0.717, 1.165) is 23.9 Å². The number of alkyl halides is 3. The maximum absolute atomic E-state index is 12.9. The third-order valence-corrected chi connectivity index (χ3v) is 5.52. The number of anilines is 1. The molecule has 1 saturated heterocycles. The van der Waals surface area contributed by atoms with Crippen molar-refractivity contribution in [2.24, 2.45) is 4.99 Å². The maximum Gasteiger partial charge on any atom is 0.416 e. The zero-order valence-electron chi connectivity index (χ0n) is 16.1. The lowest BCUT2D eigenvalue weighted by atomic mass is 10.2. The fraction of sp³-hybridized carbons (Fsp3) is 0.250. The molecule has 0 aliphatic carbocycles. The maximum atomic E-state index is 12.9. The molecule has 3 rings (SSSR count). The zero-order chi connectivity index (χ0) is 21.9. The summed E-state index contributed by atoms with van der Waals surface area (Å²) in [5.41, 5.74) is -0.271. The topological polar surface area (TPSA) is 71.0 Å². The fourth-order valence-electron chi connectivity index (χ4n) is 2.78. The number of hydrogen-bond donors (Lipinski definition) is 1. The van der Waals surface area contributed by atoms with Crippen molar-refractivity contribution in [3.05, 3.63) is 54.1 Å². The molecule has 1 aliphatic rings. The van der Waals surface area contributed by atoms with Gasteiger partial charge in [-0.15, -0.1) is 0 Å². The molecule has 0 spiro atoms. The molecule has 0 saturated carbocycles. The highest BCUT2D eigenvalue weighted by molar-refractivity contribution is 8.15. The van der Waals surface area contributed by atoms with Crippen molar-refractivity contribution in [2.45, 2.75) is 17.8 Å². The van der Waals surface area contributed by atoms with Crippen LogP contribution in [-0.4, -0.2) is 41.3 Å². The number of nitrogens with zero attached hydrogens (tertiary/aromatic N) is 2.